The van der Waals surface area contributed by atoms with Crippen molar-refractivity contribution in [1.29, 1.82) is 5.26 Å². The largest absolute Gasteiger partial charge is 0.311 e. The predicted molar refractivity (Wildman–Crippen MR) is 131 cm³/mol. The van der Waals surface area contributed by atoms with Crippen molar-refractivity contribution in [2.24, 2.45) is 0 Å². The summed E-state index contributed by atoms with van der Waals surface area (Å²) < 4.78 is 0. The zero-order valence-electron chi connectivity index (χ0n) is 18.4. The van der Waals surface area contributed by atoms with Gasteiger partial charge in [0.25, 0.3) is 5.91 Å². The van der Waals surface area contributed by atoms with E-state index in [0.717, 1.165) is 35.3 Å². The highest BCUT2D eigenvalue weighted by Gasteiger charge is 2.28. The second-order valence-corrected chi connectivity index (χ2v) is 8.55. The van der Waals surface area contributed by atoms with Gasteiger partial charge in [-0.2, -0.15) is 5.26 Å². The van der Waals surface area contributed by atoms with Gasteiger partial charge in [0, 0.05) is 30.7 Å². The minimum Gasteiger partial charge on any atom is -0.311 e. The van der Waals surface area contributed by atoms with Gasteiger partial charge in [-0.3, -0.25) is 9.59 Å². The van der Waals surface area contributed by atoms with Crippen LogP contribution in [0.5, 0.6) is 0 Å². The van der Waals surface area contributed by atoms with Gasteiger partial charge in [0.2, 0.25) is 5.91 Å². The van der Waals surface area contributed by atoms with Crippen LogP contribution in [0.3, 0.4) is 0 Å². The molecule has 0 saturated carbocycles. The number of para-hydroxylation sites is 1. The maximum Gasteiger partial charge on any atom is 0.260 e. The van der Waals surface area contributed by atoms with E-state index in [1.807, 2.05) is 24.3 Å². The Morgan fingerprint density at radius 3 is 2.48 bits per heavy atom. The third-order valence-corrected chi connectivity index (χ3v) is 6.23. The molecule has 0 bridgehead atoms. The second-order valence-electron chi connectivity index (χ2n) is 8.11. The SMILES string of the molecule is CN(C(=O)c1cccc2c1N(C(=O)CCc1ccc(C#N)cc1)CCC2)c1ccc(Cl)cc1. The highest BCUT2D eigenvalue weighted by Crippen LogP contribution is 2.33. The summed E-state index contributed by atoms with van der Waals surface area (Å²) in [5.41, 5.74) is 4.60. The molecular weight excluding hydrogens is 434 g/mol. The van der Waals surface area contributed by atoms with Crippen molar-refractivity contribution in [3.63, 3.8) is 0 Å². The van der Waals surface area contributed by atoms with Gasteiger partial charge in [-0.25, -0.2) is 0 Å². The van der Waals surface area contributed by atoms with Crippen LogP contribution in [0.15, 0.2) is 66.7 Å². The number of nitriles is 1. The van der Waals surface area contributed by atoms with Crippen LogP contribution in [0.1, 0.15) is 39.9 Å². The molecule has 4 rings (SSSR count). The normalized spacial score (nSPS) is 12.6. The minimum absolute atomic E-state index is 0.00490. The van der Waals surface area contributed by atoms with Gasteiger partial charge < -0.3 is 9.80 Å². The van der Waals surface area contributed by atoms with Gasteiger partial charge in [0.1, 0.15) is 0 Å². The summed E-state index contributed by atoms with van der Waals surface area (Å²) in [5, 5.41) is 9.56. The zero-order valence-corrected chi connectivity index (χ0v) is 19.2. The van der Waals surface area contributed by atoms with E-state index >= 15 is 0 Å². The van der Waals surface area contributed by atoms with Crippen LogP contribution in [0.2, 0.25) is 5.02 Å². The van der Waals surface area contributed by atoms with E-state index in [4.69, 9.17) is 16.9 Å². The Hall–Kier alpha value is -3.62. The van der Waals surface area contributed by atoms with Crippen LogP contribution in [-0.2, 0) is 17.6 Å². The Kier molecular flexibility index (Phi) is 6.76. The lowest BCUT2D eigenvalue weighted by Crippen LogP contribution is -2.38. The number of anilines is 2. The maximum atomic E-state index is 13.4. The number of hydrogen-bond donors (Lipinski definition) is 0. The molecule has 0 atom stereocenters. The van der Waals surface area contributed by atoms with E-state index in [1.165, 1.54) is 0 Å². The highest BCUT2D eigenvalue weighted by molar-refractivity contribution is 6.30. The predicted octanol–water partition coefficient (Wildman–Crippen LogP) is 5.40. The molecule has 0 radical (unpaired) electrons. The molecule has 0 spiro atoms. The monoisotopic (exact) mass is 457 g/mol. The molecule has 0 fully saturated rings. The standard InChI is InChI=1S/C27H24ClN3O2/c1-30(23-14-12-22(28)13-15-23)27(33)24-6-2-4-21-5-3-17-31(26(21)24)25(32)16-11-19-7-9-20(18-29)10-8-19/h2,4,6-10,12-15H,3,5,11,16-17H2,1H3. The van der Waals surface area contributed by atoms with Crippen molar-refractivity contribution in [2.75, 3.05) is 23.4 Å². The third-order valence-electron chi connectivity index (χ3n) is 5.98. The number of fused-ring (bicyclic) bond motifs is 1. The summed E-state index contributed by atoms with van der Waals surface area (Å²) in [6.45, 7) is 0.591. The summed E-state index contributed by atoms with van der Waals surface area (Å²) in [4.78, 5) is 30.0. The van der Waals surface area contributed by atoms with Crippen molar-refractivity contribution < 1.29 is 9.59 Å². The average Bonchev–Trinajstić information content (AvgIpc) is 2.86. The zero-order chi connectivity index (χ0) is 23.4. The Morgan fingerprint density at radius 1 is 1.06 bits per heavy atom. The van der Waals surface area contributed by atoms with Crippen LogP contribution in [0.25, 0.3) is 0 Å². The van der Waals surface area contributed by atoms with Gasteiger partial charge in [0.15, 0.2) is 0 Å². The van der Waals surface area contributed by atoms with Crippen molar-refractivity contribution >= 4 is 34.8 Å². The lowest BCUT2D eigenvalue weighted by molar-refractivity contribution is -0.118. The van der Waals surface area contributed by atoms with Crippen molar-refractivity contribution in [2.45, 2.75) is 25.7 Å². The van der Waals surface area contributed by atoms with Crippen LogP contribution >= 0.6 is 11.6 Å². The van der Waals surface area contributed by atoms with Crippen molar-refractivity contribution in [1.82, 2.24) is 0 Å². The van der Waals surface area contributed by atoms with E-state index in [2.05, 4.69) is 6.07 Å². The molecule has 1 aliphatic heterocycles. The first kappa shape index (κ1) is 22.6. The molecule has 166 valence electrons. The number of carbonyl (C=O) groups is 2. The Morgan fingerprint density at radius 2 is 1.79 bits per heavy atom. The fourth-order valence-corrected chi connectivity index (χ4v) is 4.29. The van der Waals surface area contributed by atoms with E-state index in [-0.39, 0.29) is 11.8 Å². The molecule has 33 heavy (non-hydrogen) atoms. The Balaban J connectivity index is 1.57. The number of halogens is 1. The molecule has 3 aromatic rings. The van der Waals surface area contributed by atoms with E-state index in [9.17, 15) is 9.59 Å². The van der Waals surface area contributed by atoms with Gasteiger partial charge >= 0.3 is 0 Å². The topological polar surface area (TPSA) is 64.4 Å². The average molecular weight is 458 g/mol. The molecule has 5 nitrogen and oxygen atoms in total. The van der Waals surface area contributed by atoms with E-state index < -0.39 is 0 Å². The number of hydrogen-bond acceptors (Lipinski definition) is 3. The molecular formula is C27H24ClN3O2. The van der Waals surface area contributed by atoms with Crippen LogP contribution in [0, 0.1) is 11.3 Å². The molecule has 0 aromatic heterocycles. The third kappa shape index (κ3) is 4.92. The molecule has 0 unspecified atom stereocenters. The van der Waals surface area contributed by atoms with Crippen molar-refractivity contribution in [3.8, 4) is 6.07 Å². The number of amides is 2. The number of rotatable bonds is 5. The first-order valence-electron chi connectivity index (χ1n) is 10.9. The lowest BCUT2D eigenvalue weighted by Gasteiger charge is -2.32. The fraction of sp³-hybridized carbons (Fsp3) is 0.222. The Labute approximate surface area is 198 Å². The summed E-state index contributed by atoms with van der Waals surface area (Å²) in [5.74, 6) is -0.171. The van der Waals surface area contributed by atoms with Gasteiger partial charge in [-0.05, 0) is 72.9 Å². The summed E-state index contributed by atoms with van der Waals surface area (Å²) in [7, 11) is 1.73. The fourth-order valence-electron chi connectivity index (χ4n) is 4.17. The summed E-state index contributed by atoms with van der Waals surface area (Å²) in [6.07, 6.45) is 2.61. The first-order chi connectivity index (χ1) is 16.0. The molecule has 1 heterocycles. The quantitative estimate of drug-likeness (QED) is 0.515. The van der Waals surface area contributed by atoms with Gasteiger partial charge in [-0.15, -0.1) is 0 Å². The van der Waals surface area contributed by atoms with Crippen LogP contribution in [-0.4, -0.2) is 25.4 Å². The van der Waals surface area contributed by atoms with Crippen LogP contribution in [0.4, 0.5) is 11.4 Å². The molecule has 0 aliphatic carbocycles. The first-order valence-corrected chi connectivity index (χ1v) is 11.3. The maximum absolute atomic E-state index is 13.4. The minimum atomic E-state index is -0.166. The second kappa shape index (κ2) is 9.89. The number of aryl methyl sites for hydroxylation is 2. The molecule has 0 N–H and O–H groups in total. The van der Waals surface area contributed by atoms with E-state index in [0.29, 0.717) is 35.5 Å². The van der Waals surface area contributed by atoms with Gasteiger partial charge in [0.05, 0.1) is 22.9 Å². The van der Waals surface area contributed by atoms with Gasteiger partial charge in [-0.1, -0.05) is 35.9 Å². The van der Waals surface area contributed by atoms with Crippen molar-refractivity contribution in [3.05, 3.63) is 94.0 Å². The number of benzene rings is 3. The summed E-state index contributed by atoms with van der Waals surface area (Å²) in [6, 6.07) is 22.2. The molecule has 3 aromatic carbocycles. The lowest BCUT2D eigenvalue weighted by atomic mass is 9.96. The number of nitrogens with zero attached hydrogens (tertiary/aromatic N) is 3. The molecule has 1 aliphatic rings. The highest BCUT2D eigenvalue weighted by atomic mass is 35.5. The molecule has 2 amide bonds. The summed E-state index contributed by atoms with van der Waals surface area (Å²) >= 11 is 5.99. The molecule has 0 saturated heterocycles. The molecule has 6 heteroatoms. The Bertz CT molecular complexity index is 1210. The number of carbonyl (C=O) groups excluding carboxylic acids is 2. The smallest absolute Gasteiger partial charge is 0.260 e. The van der Waals surface area contributed by atoms with E-state index in [1.54, 1.807) is 59.3 Å². The van der Waals surface area contributed by atoms with Crippen LogP contribution < -0.4 is 9.80 Å².